The number of carbonyl (C=O) groups excluding carboxylic acids is 1. The Morgan fingerprint density at radius 2 is 1.90 bits per heavy atom. The topological polar surface area (TPSA) is 136 Å². The van der Waals surface area contributed by atoms with Gasteiger partial charge in [-0.05, 0) is 42.5 Å². The van der Waals surface area contributed by atoms with Crippen LogP contribution in [-0.2, 0) is 32.0 Å². The predicted molar refractivity (Wildman–Crippen MR) is 144 cm³/mol. The molecule has 4 heterocycles. The summed E-state index contributed by atoms with van der Waals surface area (Å²) in [6.45, 7) is 1.80. The fourth-order valence-electron chi connectivity index (χ4n) is 4.17. The van der Waals surface area contributed by atoms with Crippen molar-refractivity contribution in [1.82, 2.24) is 30.2 Å². The van der Waals surface area contributed by atoms with Gasteiger partial charge in [-0.2, -0.15) is 0 Å². The first-order valence-electron chi connectivity index (χ1n) is 12.9. The van der Waals surface area contributed by atoms with Crippen LogP contribution in [0.25, 0.3) is 22.6 Å². The van der Waals surface area contributed by atoms with Gasteiger partial charge in [-0.3, -0.25) is 9.78 Å². The van der Waals surface area contributed by atoms with Crippen molar-refractivity contribution in [1.29, 1.82) is 0 Å². The third-order valence-electron chi connectivity index (χ3n) is 6.24. The lowest BCUT2D eigenvalue weighted by molar-refractivity contribution is -0.200. The molecule has 1 fully saturated rings. The van der Waals surface area contributed by atoms with Crippen LogP contribution in [0.4, 0.5) is 10.3 Å². The number of benzene rings is 1. The van der Waals surface area contributed by atoms with E-state index in [4.69, 9.17) is 19.2 Å². The number of anilines is 1. The first-order chi connectivity index (χ1) is 19.6. The number of rotatable bonds is 11. The zero-order valence-electron chi connectivity index (χ0n) is 22.0. The molecule has 5 rings (SSSR count). The standard InChI is InChI=1S/C28H30FN7O4/c1-38-13-12-31-27(37)19-16-39-24(40-17-19)14-23-35-25(18-5-7-20(29)8-6-18)26(36-23)22-9-11-32-28(34-22)33-15-21-4-2-3-10-30-21/h2-11,19,24H,12-17H2,1H3,(H,31,37)(H,35,36)(H,32,33,34). The van der Waals surface area contributed by atoms with E-state index in [0.717, 1.165) is 11.3 Å². The first-order valence-corrected chi connectivity index (χ1v) is 12.9. The molecule has 40 heavy (non-hydrogen) atoms. The first kappa shape index (κ1) is 27.3. The molecule has 3 N–H and O–H groups in total. The number of H-pyrrole nitrogens is 1. The van der Waals surface area contributed by atoms with Crippen molar-refractivity contribution in [2.24, 2.45) is 5.92 Å². The SMILES string of the molecule is COCCNC(=O)C1COC(Cc2nc(-c3ccc(F)cc3)c(-c3ccnc(NCc4ccccn4)n3)[nH]2)OC1. The Morgan fingerprint density at radius 1 is 1.07 bits per heavy atom. The predicted octanol–water partition coefficient (Wildman–Crippen LogP) is 2.97. The largest absolute Gasteiger partial charge is 0.383 e. The monoisotopic (exact) mass is 547 g/mol. The van der Waals surface area contributed by atoms with Crippen molar-refractivity contribution >= 4 is 11.9 Å². The number of methoxy groups -OCH3 is 1. The number of nitrogens with one attached hydrogen (secondary N) is 3. The van der Waals surface area contributed by atoms with E-state index in [1.807, 2.05) is 18.2 Å². The summed E-state index contributed by atoms with van der Waals surface area (Å²) in [6.07, 6.45) is 3.13. The molecule has 0 bridgehead atoms. The summed E-state index contributed by atoms with van der Waals surface area (Å²) >= 11 is 0. The third kappa shape index (κ3) is 7.03. The molecule has 1 amide bonds. The number of aromatic amines is 1. The van der Waals surface area contributed by atoms with E-state index < -0.39 is 12.2 Å². The zero-order chi connectivity index (χ0) is 27.7. The second kappa shape index (κ2) is 13.2. The molecule has 0 saturated carbocycles. The van der Waals surface area contributed by atoms with Gasteiger partial charge in [0.15, 0.2) is 6.29 Å². The summed E-state index contributed by atoms with van der Waals surface area (Å²) in [5, 5.41) is 5.99. The molecule has 1 aliphatic rings. The van der Waals surface area contributed by atoms with Crippen LogP contribution in [0.15, 0.2) is 60.9 Å². The van der Waals surface area contributed by atoms with Crippen LogP contribution >= 0.6 is 0 Å². The molecule has 0 spiro atoms. The van der Waals surface area contributed by atoms with Crippen LogP contribution in [0.3, 0.4) is 0 Å². The quantitative estimate of drug-likeness (QED) is 0.242. The molecule has 0 unspecified atom stereocenters. The average molecular weight is 548 g/mol. The summed E-state index contributed by atoms with van der Waals surface area (Å²) in [5.41, 5.74) is 3.44. The molecule has 0 radical (unpaired) electrons. The highest BCUT2D eigenvalue weighted by Gasteiger charge is 2.29. The Labute approximate surface area is 230 Å². The number of ether oxygens (including phenoxy) is 3. The van der Waals surface area contributed by atoms with Gasteiger partial charge in [0, 0.05) is 31.6 Å². The van der Waals surface area contributed by atoms with E-state index >= 15 is 0 Å². The number of imidazole rings is 1. The lowest BCUT2D eigenvalue weighted by Gasteiger charge is -2.28. The molecule has 1 aliphatic heterocycles. The van der Waals surface area contributed by atoms with Gasteiger partial charge in [-0.1, -0.05) is 6.07 Å². The van der Waals surface area contributed by atoms with Gasteiger partial charge in [0.2, 0.25) is 11.9 Å². The number of aromatic nitrogens is 5. The van der Waals surface area contributed by atoms with E-state index in [1.54, 1.807) is 37.7 Å². The minimum Gasteiger partial charge on any atom is -0.383 e. The number of halogens is 1. The molecule has 1 aromatic carbocycles. The summed E-state index contributed by atoms with van der Waals surface area (Å²) < 4.78 is 30.3. The Balaban J connectivity index is 1.31. The van der Waals surface area contributed by atoms with Gasteiger partial charge >= 0.3 is 0 Å². The van der Waals surface area contributed by atoms with Crippen molar-refractivity contribution in [3.63, 3.8) is 0 Å². The molecule has 0 atom stereocenters. The Hall–Kier alpha value is -4.26. The van der Waals surface area contributed by atoms with Crippen molar-refractivity contribution in [2.45, 2.75) is 19.3 Å². The Morgan fingerprint density at radius 3 is 2.65 bits per heavy atom. The lowest BCUT2D eigenvalue weighted by Crippen LogP contribution is -2.43. The van der Waals surface area contributed by atoms with Gasteiger partial charge in [-0.25, -0.2) is 19.3 Å². The number of pyridine rings is 1. The molecule has 12 heteroatoms. The number of amides is 1. The van der Waals surface area contributed by atoms with Gasteiger partial charge in [0.05, 0.1) is 61.5 Å². The zero-order valence-corrected chi connectivity index (χ0v) is 22.0. The normalized spacial score (nSPS) is 16.9. The molecule has 1 saturated heterocycles. The van der Waals surface area contributed by atoms with Gasteiger partial charge < -0.3 is 29.8 Å². The summed E-state index contributed by atoms with van der Waals surface area (Å²) in [5.74, 6) is 0.162. The highest BCUT2D eigenvalue weighted by Crippen LogP contribution is 2.30. The number of carbonyl (C=O) groups is 1. The van der Waals surface area contributed by atoms with E-state index in [2.05, 4.69) is 30.6 Å². The van der Waals surface area contributed by atoms with Gasteiger partial charge in [-0.15, -0.1) is 0 Å². The second-order valence-electron chi connectivity index (χ2n) is 9.14. The van der Waals surface area contributed by atoms with Gasteiger partial charge in [0.1, 0.15) is 11.6 Å². The minimum atomic E-state index is -0.580. The fourth-order valence-corrected chi connectivity index (χ4v) is 4.17. The Kier molecular flexibility index (Phi) is 9.01. The van der Waals surface area contributed by atoms with Crippen LogP contribution < -0.4 is 10.6 Å². The molecule has 11 nitrogen and oxygen atoms in total. The third-order valence-corrected chi connectivity index (χ3v) is 6.24. The molecule has 4 aromatic rings. The lowest BCUT2D eigenvalue weighted by atomic mass is 10.1. The van der Waals surface area contributed by atoms with Crippen LogP contribution in [-0.4, -0.2) is 70.6 Å². The highest BCUT2D eigenvalue weighted by molar-refractivity contribution is 5.79. The van der Waals surface area contributed by atoms with Crippen molar-refractivity contribution in [3.05, 3.63) is 78.3 Å². The fraction of sp³-hybridized carbons (Fsp3) is 0.321. The minimum absolute atomic E-state index is 0.134. The van der Waals surface area contributed by atoms with E-state index in [0.29, 0.717) is 55.0 Å². The van der Waals surface area contributed by atoms with E-state index in [9.17, 15) is 9.18 Å². The maximum Gasteiger partial charge on any atom is 0.227 e. The average Bonchev–Trinajstić information content (AvgIpc) is 3.41. The number of hydrogen-bond acceptors (Lipinski definition) is 9. The smallest absolute Gasteiger partial charge is 0.227 e. The molecular formula is C28H30FN7O4. The summed E-state index contributed by atoms with van der Waals surface area (Å²) in [6, 6.07) is 13.6. The second-order valence-corrected chi connectivity index (χ2v) is 9.14. The van der Waals surface area contributed by atoms with Gasteiger partial charge in [0.25, 0.3) is 0 Å². The van der Waals surface area contributed by atoms with Crippen LogP contribution in [0.1, 0.15) is 11.5 Å². The summed E-state index contributed by atoms with van der Waals surface area (Å²) in [4.78, 5) is 33.7. The maximum atomic E-state index is 13.7. The van der Waals surface area contributed by atoms with Crippen molar-refractivity contribution < 1.29 is 23.4 Å². The molecule has 3 aromatic heterocycles. The van der Waals surface area contributed by atoms with E-state index in [1.165, 1.54) is 12.1 Å². The molecular weight excluding hydrogens is 517 g/mol. The maximum absolute atomic E-state index is 13.7. The number of nitrogens with zero attached hydrogens (tertiary/aromatic N) is 4. The number of hydrogen-bond donors (Lipinski definition) is 3. The molecule has 208 valence electrons. The van der Waals surface area contributed by atoms with Crippen molar-refractivity contribution in [3.8, 4) is 22.6 Å². The van der Waals surface area contributed by atoms with Crippen molar-refractivity contribution in [2.75, 3.05) is 38.8 Å². The summed E-state index contributed by atoms with van der Waals surface area (Å²) in [7, 11) is 1.58. The highest BCUT2D eigenvalue weighted by atomic mass is 19.1. The Bertz CT molecular complexity index is 1390. The van der Waals surface area contributed by atoms with Crippen LogP contribution in [0, 0.1) is 11.7 Å². The molecule has 0 aliphatic carbocycles. The van der Waals surface area contributed by atoms with Crippen LogP contribution in [0.2, 0.25) is 0 Å². The van der Waals surface area contributed by atoms with E-state index in [-0.39, 0.29) is 24.9 Å². The van der Waals surface area contributed by atoms with Crippen LogP contribution in [0.5, 0.6) is 0 Å².